The SMILES string of the molecule is CCN(CC)C(=O)Nc1ccc(S(=O)(=O)NCCO)cc1. The second kappa shape index (κ2) is 7.96. The molecule has 0 unspecified atom stereocenters. The Labute approximate surface area is 125 Å². The number of nitrogens with one attached hydrogen (secondary N) is 2. The number of aliphatic hydroxyl groups is 1. The van der Waals surface area contributed by atoms with Gasteiger partial charge in [0.1, 0.15) is 0 Å². The van der Waals surface area contributed by atoms with Gasteiger partial charge in [-0.1, -0.05) is 0 Å². The quantitative estimate of drug-likeness (QED) is 0.694. The summed E-state index contributed by atoms with van der Waals surface area (Å²) in [7, 11) is -3.63. The number of benzene rings is 1. The Morgan fingerprint density at radius 3 is 2.24 bits per heavy atom. The van der Waals surface area contributed by atoms with Gasteiger partial charge >= 0.3 is 6.03 Å². The monoisotopic (exact) mass is 315 g/mol. The van der Waals surface area contributed by atoms with E-state index in [1.54, 1.807) is 4.90 Å². The van der Waals surface area contributed by atoms with Crippen molar-refractivity contribution in [3.8, 4) is 0 Å². The first-order valence-corrected chi connectivity index (χ1v) is 8.19. The van der Waals surface area contributed by atoms with E-state index in [9.17, 15) is 13.2 Å². The molecule has 0 aliphatic carbocycles. The summed E-state index contributed by atoms with van der Waals surface area (Å²) in [4.78, 5) is 13.6. The van der Waals surface area contributed by atoms with Crippen LogP contribution in [0.25, 0.3) is 0 Å². The van der Waals surface area contributed by atoms with Crippen molar-refractivity contribution in [2.45, 2.75) is 18.7 Å². The molecule has 3 N–H and O–H groups in total. The Hall–Kier alpha value is -1.64. The Bertz CT molecular complexity index is 553. The molecule has 0 aromatic heterocycles. The normalized spacial score (nSPS) is 11.2. The number of urea groups is 1. The van der Waals surface area contributed by atoms with E-state index in [1.165, 1.54) is 24.3 Å². The van der Waals surface area contributed by atoms with Crippen LogP contribution in [-0.4, -0.2) is 50.7 Å². The summed E-state index contributed by atoms with van der Waals surface area (Å²) in [5, 5.41) is 11.3. The van der Waals surface area contributed by atoms with E-state index in [2.05, 4.69) is 10.0 Å². The van der Waals surface area contributed by atoms with Crippen LogP contribution in [0.5, 0.6) is 0 Å². The molecule has 1 rings (SSSR count). The van der Waals surface area contributed by atoms with E-state index in [1.807, 2.05) is 13.8 Å². The number of sulfonamides is 1. The van der Waals surface area contributed by atoms with Gasteiger partial charge < -0.3 is 15.3 Å². The van der Waals surface area contributed by atoms with Gasteiger partial charge in [-0.25, -0.2) is 17.9 Å². The number of hydrogen-bond acceptors (Lipinski definition) is 4. The van der Waals surface area contributed by atoms with Gasteiger partial charge in [-0.2, -0.15) is 0 Å². The first-order valence-electron chi connectivity index (χ1n) is 6.71. The fourth-order valence-electron chi connectivity index (χ4n) is 1.69. The minimum atomic E-state index is -3.63. The molecule has 0 fully saturated rings. The Kier molecular flexibility index (Phi) is 6.60. The lowest BCUT2D eigenvalue weighted by molar-refractivity contribution is 0.217. The van der Waals surface area contributed by atoms with E-state index < -0.39 is 10.0 Å². The molecule has 8 heteroatoms. The lowest BCUT2D eigenvalue weighted by Gasteiger charge is -2.19. The molecule has 7 nitrogen and oxygen atoms in total. The van der Waals surface area contributed by atoms with Gasteiger partial charge in [-0.15, -0.1) is 0 Å². The minimum Gasteiger partial charge on any atom is -0.395 e. The van der Waals surface area contributed by atoms with Gasteiger partial charge in [-0.05, 0) is 38.1 Å². The maximum atomic E-state index is 11.9. The van der Waals surface area contributed by atoms with Gasteiger partial charge in [0.25, 0.3) is 0 Å². The van der Waals surface area contributed by atoms with Crippen molar-refractivity contribution in [2.75, 3.05) is 31.6 Å². The molecule has 21 heavy (non-hydrogen) atoms. The standard InChI is InChI=1S/C13H21N3O4S/c1-3-16(4-2)13(18)15-11-5-7-12(8-6-11)21(19,20)14-9-10-17/h5-8,14,17H,3-4,9-10H2,1-2H3,(H,15,18). The van der Waals surface area contributed by atoms with Crippen LogP contribution in [0.2, 0.25) is 0 Å². The average Bonchev–Trinajstić information content (AvgIpc) is 2.47. The molecule has 118 valence electrons. The highest BCUT2D eigenvalue weighted by atomic mass is 32.2. The Morgan fingerprint density at radius 1 is 1.19 bits per heavy atom. The summed E-state index contributed by atoms with van der Waals surface area (Å²) in [6.45, 7) is 4.65. The third kappa shape index (κ3) is 5.00. The Morgan fingerprint density at radius 2 is 1.76 bits per heavy atom. The summed E-state index contributed by atoms with van der Waals surface area (Å²) >= 11 is 0. The second-order valence-electron chi connectivity index (χ2n) is 4.25. The topological polar surface area (TPSA) is 98.7 Å². The lowest BCUT2D eigenvalue weighted by Crippen LogP contribution is -2.34. The summed E-state index contributed by atoms with van der Waals surface area (Å²) < 4.78 is 25.9. The average molecular weight is 315 g/mol. The fraction of sp³-hybridized carbons (Fsp3) is 0.462. The number of rotatable bonds is 7. The number of amides is 2. The Balaban J connectivity index is 2.77. The van der Waals surface area contributed by atoms with Crippen LogP contribution in [0.3, 0.4) is 0 Å². The number of aliphatic hydroxyl groups excluding tert-OH is 1. The highest BCUT2D eigenvalue weighted by Gasteiger charge is 2.14. The minimum absolute atomic E-state index is 0.0389. The third-order valence-electron chi connectivity index (χ3n) is 2.87. The van der Waals surface area contributed by atoms with Crippen molar-refractivity contribution in [3.05, 3.63) is 24.3 Å². The molecule has 0 bridgehead atoms. The van der Waals surface area contributed by atoms with E-state index in [-0.39, 0.29) is 24.1 Å². The van der Waals surface area contributed by atoms with Crippen LogP contribution >= 0.6 is 0 Å². The van der Waals surface area contributed by atoms with Crippen LogP contribution in [0, 0.1) is 0 Å². The smallest absolute Gasteiger partial charge is 0.321 e. The molecular weight excluding hydrogens is 294 g/mol. The second-order valence-corrected chi connectivity index (χ2v) is 6.02. The molecule has 0 radical (unpaired) electrons. The van der Waals surface area contributed by atoms with Crippen molar-refractivity contribution in [3.63, 3.8) is 0 Å². The van der Waals surface area contributed by atoms with E-state index in [4.69, 9.17) is 5.11 Å². The zero-order valence-corrected chi connectivity index (χ0v) is 13.0. The van der Waals surface area contributed by atoms with Gasteiger partial charge in [0, 0.05) is 25.3 Å². The van der Waals surface area contributed by atoms with Gasteiger partial charge in [-0.3, -0.25) is 0 Å². The van der Waals surface area contributed by atoms with Crippen LogP contribution in [-0.2, 0) is 10.0 Å². The van der Waals surface area contributed by atoms with Crippen molar-refractivity contribution in [1.29, 1.82) is 0 Å². The van der Waals surface area contributed by atoms with Crippen LogP contribution in [0.15, 0.2) is 29.2 Å². The van der Waals surface area contributed by atoms with E-state index >= 15 is 0 Å². The summed E-state index contributed by atoms with van der Waals surface area (Å²) in [5.41, 5.74) is 0.521. The van der Waals surface area contributed by atoms with Gasteiger partial charge in [0.05, 0.1) is 11.5 Å². The van der Waals surface area contributed by atoms with Gasteiger partial charge in [0.15, 0.2) is 0 Å². The third-order valence-corrected chi connectivity index (χ3v) is 4.35. The molecule has 0 aliphatic rings. The number of anilines is 1. The fourth-order valence-corrected chi connectivity index (χ4v) is 2.72. The maximum Gasteiger partial charge on any atom is 0.321 e. The molecule has 0 atom stereocenters. The van der Waals surface area contributed by atoms with Crippen LogP contribution in [0.1, 0.15) is 13.8 Å². The van der Waals surface area contributed by atoms with E-state index in [0.717, 1.165) is 0 Å². The van der Waals surface area contributed by atoms with Crippen molar-refractivity contribution in [2.24, 2.45) is 0 Å². The van der Waals surface area contributed by atoms with Crippen LogP contribution in [0.4, 0.5) is 10.5 Å². The zero-order valence-electron chi connectivity index (χ0n) is 12.2. The molecule has 0 spiro atoms. The number of nitrogens with zero attached hydrogens (tertiary/aromatic N) is 1. The van der Waals surface area contributed by atoms with Crippen LogP contribution < -0.4 is 10.0 Å². The van der Waals surface area contributed by atoms with E-state index in [0.29, 0.717) is 18.8 Å². The predicted octanol–water partition coefficient (Wildman–Crippen LogP) is 0.831. The van der Waals surface area contributed by atoms with Crippen molar-refractivity contribution in [1.82, 2.24) is 9.62 Å². The van der Waals surface area contributed by atoms with Crippen molar-refractivity contribution < 1.29 is 18.3 Å². The highest BCUT2D eigenvalue weighted by molar-refractivity contribution is 7.89. The first kappa shape index (κ1) is 17.4. The number of carbonyl (C=O) groups is 1. The largest absolute Gasteiger partial charge is 0.395 e. The highest BCUT2D eigenvalue weighted by Crippen LogP contribution is 2.14. The molecule has 0 aliphatic heterocycles. The maximum absolute atomic E-state index is 11.9. The summed E-state index contributed by atoms with van der Waals surface area (Å²) in [5.74, 6) is 0. The molecular formula is C13H21N3O4S. The molecule has 1 aromatic carbocycles. The number of carbonyl (C=O) groups excluding carboxylic acids is 1. The molecule has 0 heterocycles. The molecule has 0 saturated carbocycles. The van der Waals surface area contributed by atoms with Crippen molar-refractivity contribution >= 4 is 21.7 Å². The van der Waals surface area contributed by atoms with Gasteiger partial charge in [0.2, 0.25) is 10.0 Å². The summed E-state index contributed by atoms with van der Waals surface area (Å²) in [6.07, 6.45) is 0. The molecule has 2 amide bonds. The molecule has 1 aromatic rings. The molecule has 0 saturated heterocycles. The number of hydrogen-bond donors (Lipinski definition) is 3. The first-order chi connectivity index (χ1) is 9.94. The zero-order chi connectivity index (χ0) is 15.9. The summed E-state index contributed by atoms with van der Waals surface area (Å²) in [6, 6.07) is 5.62. The lowest BCUT2D eigenvalue weighted by atomic mass is 10.3. The predicted molar refractivity (Wildman–Crippen MR) is 80.7 cm³/mol.